The van der Waals surface area contributed by atoms with Gasteiger partial charge in [0, 0.05) is 30.2 Å². The van der Waals surface area contributed by atoms with Crippen LogP contribution in [0.25, 0.3) is 10.9 Å². The lowest BCUT2D eigenvalue weighted by atomic mass is 10.1. The normalized spacial score (nSPS) is 20.4. The highest BCUT2D eigenvalue weighted by atomic mass is 35.5. The van der Waals surface area contributed by atoms with Crippen molar-refractivity contribution in [2.45, 2.75) is 31.5 Å². The summed E-state index contributed by atoms with van der Waals surface area (Å²) in [5.74, 6) is -0.344. The lowest BCUT2D eigenvalue weighted by Gasteiger charge is -2.12. The molecule has 0 unspecified atom stereocenters. The molecular weight excluding hydrogens is 321 g/mol. The predicted octanol–water partition coefficient (Wildman–Crippen LogP) is 1.89. The van der Waals surface area contributed by atoms with Crippen LogP contribution in [0.15, 0.2) is 24.4 Å². The molecule has 23 heavy (non-hydrogen) atoms. The molecule has 5 nitrogen and oxygen atoms in total. The smallest absolute Gasteiger partial charge is 0.249 e. The van der Waals surface area contributed by atoms with E-state index in [4.69, 9.17) is 10.5 Å². The molecule has 3 rings (SSSR count). The Morgan fingerprint density at radius 3 is 3.00 bits per heavy atom. The van der Waals surface area contributed by atoms with Crippen LogP contribution in [0.2, 0.25) is 0 Å². The summed E-state index contributed by atoms with van der Waals surface area (Å²) in [5, 5.41) is 3.87. The van der Waals surface area contributed by atoms with Gasteiger partial charge in [-0.2, -0.15) is 0 Å². The van der Waals surface area contributed by atoms with Crippen molar-refractivity contribution < 1.29 is 13.9 Å². The van der Waals surface area contributed by atoms with Gasteiger partial charge in [-0.3, -0.25) is 4.79 Å². The molecule has 0 bridgehead atoms. The predicted molar refractivity (Wildman–Crippen MR) is 89.2 cm³/mol. The lowest BCUT2D eigenvalue weighted by Crippen LogP contribution is -2.36. The molecule has 2 heterocycles. The minimum absolute atomic E-state index is 0. The number of halogens is 2. The van der Waals surface area contributed by atoms with Crippen LogP contribution in [0.1, 0.15) is 18.4 Å². The Labute approximate surface area is 140 Å². The number of benzene rings is 1. The van der Waals surface area contributed by atoms with Crippen molar-refractivity contribution in [1.82, 2.24) is 10.3 Å². The maximum absolute atomic E-state index is 13.1. The second-order valence-electron chi connectivity index (χ2n) is 5.60. The van der Waals surface area contributed by atoms with Crippen LogP contribution < -0.4 is 11.1 Å². The highest BCUT2D eigenvalue weighted by molar-refractivity contribution is 5.85. The van der Waals surface area contributed by atoms with Gasteiger partial charge in [0.1, 0.15) is 11.9 Å². The number of aromatic amines is 1. The van der Waals surface area contributed by atoms with Gasteiger partial charge in [0.05, 0.1) is 6.10 Å². The fourth-order valence-electron chi connectivity index (χ4n) is 2.87. The molecule has 126 valence electrons. The lowest BCUT2D eigenvalue weighted by molar-refractivity contribution is -0.131. The Hall–Kier alpha value is -1.63. The maximum Gasteiger partial charge on any atom is 0.249 e. The summed E-state index contributed by atoms with van der Waals surface area (Å²) in [7, 11) is 0. The molecule has 0 aliphatic carbocycles. The third kappa shape index (κ3) is 4.02. The van der Waals surface area contributed by atoms with E-state index in [1.807, 2.05) is 6.20 Å². The molecule has 2 aromatic rings. The Bertz CT molecular complexity index is 676. The van der Waals surface area contributed by atoms with E-state index in [-0.39, 0.29) is 36.3 Å². The number of ether oxygens (including phenoxy) is 1. The highest BCUT2D eigenvalue weighted by Crippen LogP contribution is 2.20. The van der Waals surface area contributed by atoms with Crippen molar-refractivity contribution in [1.29, 1.82) is 0 Å². The minimum atomic E-state index is -0.384. The number of fused-ring (bicyclic) bond motifs is 1. The zero-order chi connectivity index (χ0) is 15.5. The molecule has 1 amide bonds. The van der Waals surface area contributed by atoms with Crippen molar-refractivity contribution in [3.63, 3.8) is 0 Å². The van der Waals surface area contributed by atoms with Crippen molar-refractivity contribution in [2.24, 2.45) is 5.73 Å². The van der Waals surface area contributed by atoms with Crippen LogP contribution in [0.3, 0.4) is 0 Å². The molecule has 0 radical (unpaired) electrons. The second-order valence-corrected chi connectivity index (χ2v) is 5.60. The number of hydrogen-bond donors (Lipinski definition) is 3. The third-order valence-electron chi connectivity index (χ3n) is 4.09. The first kappa shape index (κ1) is 17.7. The molecule has 1 aromatic carbocycles. The Morgan fingerprint density at radius 1 is 1.43 bits per heavy atom. The van der Waals surface area contributed by atoms with E-state index in [0.29, 0.717) is 19.5 Å². The number of hydrogen-bond acceptors (Lipinski definition) is 3. The number of H-pyrrole nitrogens is 1. The third-order valence-corrected chi connectivity index (χ3v) is 4.09. The number of nitrogens with two attached hydrogens (primary N) is 1. The second kappa shape index (κ2) is 7.77. The van der Waals surface area contributed by atoms with E-state index in [9.17, 15) is 9.18 Å². The fraction of sp³-hybridized carbons (Fsp3) is 0.438. The summed E-state index contributed by atoms with van der Waals surface area (Å²) < 4.78 is 18.7. The van der Waals surface area contributed by atoms with E-state index in [0.717, 1.165) is 29.3 Å². The summed E-state index contributed by atoms with van der Waals surface area (Å²) in [6, 6.07) is 4.67. The highest BCUT2D eigenvalue weighted by Gasteiger charge is 2.29. The number of aromatic nitrogens is 1. The number of carbonyl (C=O) groups is 1. The maximum atomic E-state index is 13.1. The monoisotopic (exact) mass is 341 g/mol. The number of carbonyl (C=O) groups excluding carboxylic acids is 1. The van der Waals surface area contributed by atoms with E-state index in [2.05, 4.69) is 10.3 Å². The van der Waals surface area contributed by atoms with E-state index in [1.54, 1.807) is 6.07 Å². The van der Waals surface area contributed by atoms with Crippen LogP contribution in [-0.2, 0) is 16.0 Å². The Morgan fingerprint density at radius 2 is 2.26 bits per heavy atom. The summed E-state index contributed by atoms with van der Waals surface area (Å²) in [4.78, 5) is 15.1. The first-order valence-corrected chi connectivity index (χ1v) is 7.56. The molecule has 1 saturated heterocycles. The number of nitrogens with one attached hydrogen (secondary N) is 2. The molecule has 4 N–H and O–H groups in total. The zero-order valence-electron chi connectivity index (χ0n) is 12.7. The van der Waals surface area contributed by atoms with Gasteiger partial charge in [-0.15, -0.1) is 12.4 Å². The van der Waals surface area contributed by atoms with Crippen LogP contribution in [0.5, 0.6) is 0 Å². The van der Waals surface area contributed by atoms with Crippen LogP contribution in [-0.4, -0.2) is 36.2 Å². The average Bonchev–Trinajstić information content (AvgIpc) is 3.14. The molecule has 1 aromatic heterocycles. The van der Waals surface area contributed by atoms with Gasteiger partial charge in [0.25, 0.3) is 0 Å². The molecule has 0 saturated carbocycles. The van der Waals surface area contributed by atoms with Gasteiger partial charge in [-0.25, -0.2) is 4.39 Å². The minimum Gasteiger partial charge on any atom is -0.364 e. The first-order valence-electron chi connectivity index (χ1n) is 7.56. The standard InChI is InChI=1S/C16H20FN3O2.ClH/c17-11-1-3-13-10(9-20-14(13)7-11)5-6-19-16(21)15-4-2-12(8-18)22-15;/h1,3,7,9,12,15,20H,2,4-6,8,18H2,(H,19,21);1H/t12-,15+;/m1./s1. The van der Waals surface area contributed by atoms with Gasteiger partial charge in [0.2, 0.25) is 5.91 Å². The molecular formula is C16H21ClFN3O2. The average molecular weight is 342 g/mol. The molecule has 1 aliphatic rings. The first-order chi connectivity index (χ1) is 10.7. The molecule has 1 fully saturated rings. The van der Waals surface area contributed by atoms with Gasteiger partial charge in [0.15, 0.2) is 0 Å². The van der Waals surface area contributed by atoms with Crippen molar-refractivity contribution in [2.75, 3.05) is 13.1 Å². The van der Waals surface area contributed by atoms with Gasteiger partial charge >= 0.3 is 0 Å². The topological polar surface area (TPSA) is 80.1 Å². The molecule has 2 atom stereocenters. The van der Waals surface area contributed by atoms with Crippen molar-refractivity contribution in [3.8, 4) is 0 Å². The Balaban J connectivity index is 0.00000192. The van der Waals surface area contributed by atoms with Crippen molar-refractivity contribution in [3.05, 3.63) is 35.8 Å². The SMILES string of the molecule is Cl.NC[C@H]1CC[C@@H](C(=O)NCCc2c[nH]c3cc(F)ccc23)O1. The number of rotatable bonds is 5. The summed E-state index contributed by atoms with van der Waals surface area (Å²) >= 11 is 0. The van der Waals surface area contributed by atoms with Gasteiger partial charge in [-0.1, -0.05) is 0 Å². The fourth-order valence-corrected chi connectivity index (χ4v) is 2.87. The molecule has 0 spiro atoms. The quantitative estimate of drug-likeness (QED) is 0.777. The molecule has 7 heteroatoms. The van der Waals surface area contributed by atoms with Crippen LogP contribution in [0.4, 0.5) is 4.39 Å². The van der Waals surface area contributed by atoms with Gasteiger partial charge in [-0.05, 0) is 43.0 Å². The van der Waals surface area contributed by atoms with Crippen LogP contribution >= 0.6 is 12.4 Å². The van der Waals surface area contributed by atoms with E-state index in [1.165, 1.54) is 12.1 Å². The zero-order valence-corrected chi connectivity index (χ0v) is 13.5. The van der Waals surface area contributed by atoms with E-state index < -0.39 is 0 Å². The summed E-state index contributed by atoms with van der Waals surface area (Å²) in [5.41, 5.74) is 7.36. The Kier molecular flexibility index (Phi) is 5.98. The number of amides is 1. The van der Waals surface area contributed by atoms with E-state index >= 15 is 0 Å². The summed E-state index contributed by atoms with van der Waals surface area (Å²) in [6.45, 7) is 0.978. The summed E-state index contributed by atoms with van der Waals surface area (Å²) in [6.07, 6.45) is 3.71. The van der Waals surface area contributed by atoms with Crippen LogP contribution in [0, 0.1) is 5.82 Å². The van der Waals surface area contributed by atoms with Crippen molar-refractivity contribution >= 4 is 29.2 Å². The largest absolute Gasteiger partial charge is 0.364 e. The molecule has 1 aliphatic heterocycles. The van der Waals surface area contributed by atoms with Gasteiger partial charge < -0.3 is 20.8 Å².